The number of carbonyl (C=O) groups is 5. The zero-order valence-corrected chi connectivity index (χ0v) is 28.6. The number of hydrogen-bond acceptors (Lipinski definition) is 18. The summed E-state index contributed by atoms with van der Waals surface area (Å²) in [5, 5.41) is 67.9. The maximum absolute atomic E-state index is 13.5. The quantitative estimate of drug-likeness (QED) is 0.0656. The largest absolute Gasteiger partial charge is 0.504 e. The van der Waals surface area contributed by atoms with E-state index >= 15 is 0 Å². The van der Waals surface area contributed by atoms with Gasteiger partial charge in [0.25, 0.3) is 11.8 Å². The summed E-state index contributed by atoms with van der Waals surface area (Å²) in [7, 11) is 0. The van der Waals surface area contributed by atoms with Crippen LogP contribution >= 0.6 is 34.9 Å². The summed E-state index contributed by atoms with van der Waals surface area (Å²) >= 11 is 3.28. The van der Waals surface area contributed by atoms with Crippen molar-refractivity contribution >= 4 is 81.3 Å². The number of oxime groups is 1. The Morgan fingerprint density at radius 3 is 2.52 bits per heavy atom. The molecule has 3 amide bonds. The Morgan fingerprint density at radius 1 is 1.19 bits per heavy atom. The Morgan fingerprint density at radius 2 is 1.90 bits per heavy atom. The van der Waals surface area contributed by atoms with Gasteiger partial charge in [0.15, 0.2) is 33.9 Å². The van der Waals surface area contributed by atoms with Crippen LogP contribution in [-0.4, -0.2) is 115 Å². The van der Waals surface area contributed by atoms with Crippen LogP contribution in [0.4, 0.5) is 9.93 Å². The summed E-state index contributed by atoms with van der Waals surface area (Å²) < 4.78 is 0. The number of allylic oxidation sites excluding steroid dienone is 1. The molecule has 10 N–H and O–H groups in total. The number of benzene rings is 1. The van der Waals surface area contributed by atoms with Gasteiger partial charge in [0.1, 0.15) is 22.8 Å². The molecule has 4 aliphatic heterocycles. The van der Waals surface area contributed by atoms with Gasteiger partial charge >= 0.3 is 18.0 Å². The fraction of sp³-hybridized carbons (Fsp3) is 0.214. The number of nitrogens with one attached hydrogen (secondary N) is 2. The average molecular weight is 776 g/mol. The molecule has 21 nitrogen and oxygen atoms in total. The number of nitrogens with two attached hydrogens (primary N) is 1. The zero-order valence-electron chi connectivity index (χ0n) is 26.2. The molecule has 1 unspecified atom stereocenters. The molecular weight excluding hydrogens is 751 g/mol. The monoisotopic (exact) mass is 775 g/mol. The van der Waals surface area contributed by atoms with E-state index in [0.717, 1.165) is 33.4 Å². The number of phenols is 3. The molecule has 0 spiro atoms. The molecule has 0 radical (unpaired) electrons. The summed E-state index contributed by atoms with van der Waals surface area (Å²) in [5.74, 6) is -6.92. The summed E-state index contributed by atoms with van der Waals surface area (Å²) in [5.41, 5.74) is 7.95. The number of nitrogens with zero attached hydrogens (tertiary/aromatic N) is 6. The number of aromatic nitrogens is 1. The van der Waals surface area contributed by atoms with Crippen molar-refractivity contribution in [1.29, 1.82) is 0 Å². The number of aromatic hydroxyl groups is 3. The van der Waals surface area contributed by atoms with Crippen LogP contribution in [0.25, 0.3) is 0 Å². The molecule has 24 heteroatoms. The van der Waals surface area contributed by atoms with Gasteiger partial charge in [-0.3, -0.25) is 14.5 Å². The van der Waals surface area contributed by atoms with Gasteiger partial charge < -0.3 is 46.5 Å². The minimum absolute atomic E-state index is 0.00689. The van der Waals surface area contributed by atoms with Crippen LogP contribution in [0.3, 0.4) is 0 Å². The predicted octanol–water partition coefficient (Wildman–Crippen LogP) is 0.691. The fourth-order valence-corrected chi connectivity index (χ4v) is 8.26. The molecular formula is C28H25N9O12S3. The molecule has 1 fully saturated rings. The maximum atomic E-state index is 13.5. The van der Waals surface area contributed by atoms with E-state index in [9.17, 15) is 54.6 Å². The first-order valence-corrected chi connectivity index (χ1v) is 17.4. The van der Waals surface area contributed by atoms with E-state index < -0.39 is 70.3 Å². The third-order valence-corrected chi connectivity index (χ3v) is 10.6. The minimum Gasteiger partial charge on any atom is -0.504 e. The van der Waals surface area contributed by atoms with Crippen molar-refractivity contribution in [2.45, 2.75) is 24.4 Å². The van der Waals surface area contributed by atoms with Gasteiger partial charge in [0, 0.05) is 28.2 Å². The molecule has 0 aliphatic carbocycles. The molecule has 6 rings (SSSR count). The summed E-state index contributed by atoms with van der Waals surface area (Å²) in [6.45, 7) is 1.71. The number of amides is 3. The van der Waals surface area contributed by atoms with Crippen molar-refractivity contribution in [3.05, 3.63) is 63.2 Å². The Labute approximate surface area is 303 Å². The van der Waals surface area contributed by atoms with Gasteiger partial charge in [-0.1, -0.05) is 5.16 Å². The van der Waals surface area contributed by atoms with Crippen molar-refractivity contribution in [3.8, 4) is 17.2 Å². The first-order chi connectivity index (χ1) is 24.6. The number of hydrogen-bond donors (Lipinski definition) is 9. The van der Waals surface area contributed by atoms with Gasteiger partial charge in [-0.25, -0.2) is 29.4 Å². The number of thioether (sulfide) groups is 2. The smallest absolute Gasteiger partial charge is 0.427 e. The number of fused-ring (bicyclic) bond motifs is 2. The average Bonchev–Trinajstić information content (AvgIpc) is 3.72. The SMILES string of the molecule is CC1=NC2=CN(C(=O)O)NN2C(SCC2=C(C(=O)O)N3C(=O)[C@@H](NC(=O)C(=NOC(C(=O)O)c4cc(O)c(O)c(O)c4)c4csc(N)n4)[C@H]3SC2)=C1. The molecule has 272 valence electrons. The highest BCUT2D eigenvalue weighted by Gasteiger charge is 2.54. The zero-order chi connectivity index (χ0) is 37.6. The lowest BCUT2D eigenvalue weighted by molar-refractivity contribution is -0.151. The van der Waals surface area contributed by atoms with E-state index in [-0.39, 0.29) is 33.6 Å². The van der Waals surface area contributed by atoms with Gasteiger partial charge in [0.2, 0.25) is 6.10 Å². The number of carboxylic acid groups (broad SMARTS) is 3. The highest BCUT2D eigenvalue weighted by Crippen LogP contribution is 2.43. The minimum atomic E-state index is -2.01. The van der Waals surface area contributed by atoms with Crippen LogP contribution in [0, 0.1) is 0 Å². The summed E-state index contributed by atoms with van der Waals surface area (Å²) in [4.78, 5) is 77.4. The molecule has 1 aromatic carbocycles. The number of rotatable bonds is 11. The molecule has 2 aromatic rings. The second-order valence-corrected chi connectivity index (χ2v) is 14.0. The first-order valence-electron chi connectivity index (χ1n) is 14.5. The topological polar surface area (TPSA) is 313 Å². The Hall–Kier alpha value is -5.98. The predicted molar refractivity (Wildman–Crippen MR) is 182 cm³/mol. The van der Waals surface area contributed by atoms with Crippen LogP contribution in [-0.2, 0) is 24.0 Å². The molecule has 0 bridgehead atoms. The normalized spacial score (nSPS) is 20.2. The summed E-state index contributed by atoms with van der Waals surface area (Å²) in [6.07, 6.45) is -0.328. The molecule has 3 atom stereocenters. The molecule has 1 aromatic heterocycles. The van der Waals surface area contributed by atoms with E-state index in [1.165, 1.54) is 40.1 Å². The van der Waals surface area contributed by atoms with Gasteiger partial charge in [-0.05, 0) is 30.7 Å². The van der Waals surface area contributed by atoms with Crippen LogP contribution in [0.2, 0.25) is 0 Å². The van der Waals surface area contributed by atoms with Gasteiger partial charge in [-0.2, -0.15) is 5.01 Å². The highest BCUT2D eigenvalue weighted by molar-refractivity contribution is 8.03. The number of nitrogen functional groups attached to an aromatic ring is 1. The van der Waals surface area contributed by atoms with E-state index in [4.69, 9.17) is 10.6 Å². The fourth-order valence-electron chi connectivity index (χ4n) is 5.16. The molecule has 4 aliphatic rings. The van der Waals surface area contributed by atoms with Crippen molar-refractivity contribution in [1.82, 2.24) is 30.8 Å². The van der Waals surface area contributed by atoms with Crippen molar-refractivity contribution in [3.63, 3.8) is 0 Å². The number of anilines is 1. The molecule has 52 heavy (non-hydrogen) atoms. The molecule has 0 saturated carbocycles. The van der Waals surface area contributed by atoms with Crippen LogP contribution in [0.1, 0.15) is 24.3 Å². The van der Waals surface area contributed by atoms with Crippen LogP contribution < -0.4 is 16.6 Å². The number of hydrazine groups is 2. The van der Waals surface area contributed by atoms with E-state index in [0.29, 0.717) is 22.1 Å². The molecule has 5 heterocycles. The number of thiazole rings is 1. The molecule has 1 saturated heterocycles. The van der Waals surface area contributed by atoms with Gasteiger partial charge in [0.05, 0.1) is 11.2 Å². The number of phenolic OH excluding ortho intramolecular Hbond substituents is 3. The summed E-state index contributed by atoms with van der Waals surface area (Å²) in [6, 6.07) is 0.364. The standard InChI is InChI=1S/C28H25N9O12S3/c1-9-2-16(37-15(30-9)5-35(34-37)28(47)48)50-6-11-7-51-24-18(23(42)36(24)19(11)25(43)44)32-22(41)17(12-8-52-27(29)31-12)33-49-21(26(45)46)10-3-13(38)20(40)14(39)4-10/h2-5,8,18,21,24,34,38-40H,6-7H2,1H3,(H2,29,31)(H,32,41)(H,43,44)(H,45,46)(H,47,48)/t18-,21?,24-/m1/s1. The van der Waals surface area contributed by atoms with Crippen LogP contribution in [0.15, 0.2) is 62.1 Å². The lowest BCUT2D eigenvalue weighted by Crippen LogP contribution is -2.71. The number of aliphatic imine (C=N–C) groups is 1. The van der Waals surface area contributed by atoms with Gasteiger partial charge in [-0.15, -0.1) is 40.4 Å². The lowest BCUT2D eigenvalue weighted by atomic mass is 10.0. The highest BCUT2D eigenvalue weighted by atomic mass is 32.2. The van der Waals surface area contributed by atoms with E-state index in [1.807, 2.05) is 0 Å². The Balaban J connectivity index is 1.19. The third kappa shape index (κ3) is 6.73. The number of carbonyl (C=O) groups excluding carboxylic acids is 2. The van der Waals surface area contributed by atoms with E-state index in [1.54, 1.807) is 13.0 Å². The van der Waals surface area contributed by atoms with Crippen molar-refractivity contribution in [2.24, 2.45) is 10.1 Å². The third-order valence-electron chi connectivity index (χ3n) is 7.51. The van der Waals surface area contributed by atoms with Crippen molar-refractivity contribution < 1.29 is 59.4 Å². The number of β-lactam (4-membered cyclic amide) rings is 1. The first kappa shape index (κ1) is 35.8. The second-order valence-electron chi connectivity index (χ2n) is 11.0. The Kier molecular flexibility index (Phi) is 9.63. The number of carboxylic acids is 2. The van der Waals surface area contributed by atoms with Crippen molar-refractivity contribution in [2.75, 3.05) is 17.2 Å². The van der Waals surface area contributed by atoms with Crippen LogP contribution in [0.5, 0.6) is 17.2 Å². The number of aliphatic carboxylic acids is 2. The maximum Gasteiger partial charge on any atom is 0.427 e. The van der Waals surface area contributed by atoms with E-state index in [2.05, 4.69) is 26.0 Å². The second kappa shape index (κ2) is 14.0. The lowest BCUT2D eigenvalue weighted by Gasteiger charge is -2.49. The Bertz CT molecular complexity index is 2060.